The lowest BCUT2D eigenvalue weighted by atomic mass is 9.98. The molecule has 2 rings (SSSR count). The highest BCUT2D eigenvalue weighted by atomic mass is 32.2. The summed E-state index contributed by atoms with van der Waals surface area (Å²) in [4.78, 5) is 15.5. The van der Waals surface area contributed by atoms with E-state index in [4.69, 9.17) is 24.5 Å². The van der Waals surface area contributed by atoms with Gasteiger partial charge in [-0.05, 0) is 36.8 Å². The molecule has 1 aromatic carbocycles. The lowest BCUT2D eigenvalue weighted by Crippen LogP contribution is -2.59. The molecule has 0 radical (unpaired) electrons. The van der Waals surface area contributed by atoms with Crippen LogP contribution in [0.5, 0.6) is 0 Å². The van der Waals surface area contributed by atoms with Crippen molar-refractivity contribution >= 4 is 17.7 Å². The van der Waals surface area contributed by atoms with Crippen molar-refractivity contribution in [2.24, 2.45) is 5.11 Å². The van der Waals surface area contributed by atoms with E-state index >= 15 is 0 Å². The molecule has 0 spiro atoms. The van der Waals surface area contributed by atoms with Crippen molar-refractivity contribution in [1.29, 1.82) is 0 Å². The number of benzene rings is 1. The van der Waals surface area contributed by atoms with Gasteiger partial charge in [0.05, 0.1) is 11.7 Å². The molecule has 8 nitrogen and oxygen atoms in total. The first-order chi connectivity index (χ1) is 15.2. The Kier molecular flexibility index (Phi) is 11.8. The first-order valence-electron chi connectivity index (χ1n) is 10.8. The quantitative estimate of drug-likeness (QED) is 0.138. The van der Waals surface area contributed by atoms with Crippen molar-refractivity contribution in [2.75, 3.05) is 26.1 Å². The zero-order valence-corrected chi connectivity index (χ0v) is 19.3. The molecule has 1 saturated heterocycles. The van der Waals surface area contributed by atoms with Crippen molar-refractivity contribution in [3.05, 3.63) is 46.3 Å². The number of ether oxygens (including phenoxy) is 4. The second-order valence-corrected chi connectivity index (χ2v) is 8.25. The van der Waals surface area contributed by atoms with Crippen LogP contribution in [0.4, 0.5) is 0 Å². The lowest BCUT2D eigenvalue weighted by Gasteiger charge is -2.44. The topological polar surface area (TPSA) is 103 Å². The van der Waals surface area contributed by atoms with E-state index in [0.717, 1.165) is 25.7 Å². The fourth-order valence-electron chi connectivity index (χ4n) is 3.34. The Morgan fingerprint density at radius 3 is 2.35 bits per heavy atom. The fourth-order valence-corrected chi connectivity index (χ4v) is 4.08. The molecule has 1 fully saturated rings. The van der Waals surface area contributed by atoms with Crippen LogP contribution in [-0.2, 0) is 18.9 Å². The normalized spacial score (nSPS) is 25.6. The van der Waals surface area contributed by atoms with Gasteiger partial charge >= 0.3 is 5.97 Å². The minimum absolute atomic E-state index is 0.0260. The molecule has 172 valence electrons. The molecule has 0 aliphatic carbocycles. The smallest absolute Gasteiger partial charge is 0.338 e. The fraction of sp³-hybridized carbons (Fsp3) is 0.682. The molecule has 0 bridgehead atoms. The maximum atomic E-state index is 12.4. The standard InChI is InChI=1S/C22H33N3O5S/c1-4-6-13-27-19-17(15-29-21(26)16-11-9-8-10-12-16)30-22(31-3)18(24-25-23)20(19)28-14-7-5-2/h8-12,17-20,22H,4-7,13-15H2,1-3H3/t17?,18-,19+,20?,22-/m0/s1. The van der Waals surface area contributed by atoms with Gasteiger partial charge in [0, 0.05) is 18.1 Å². The van der Waals surface area contributed by atoms with Crippen LogP contribution in [-0.4, -0.2) is 61.8 Å². The number of esters is 1. The molecule has 0 aromatic heterocycles. The van der Waals surface area contributed by atoms with E-state index in [2.05, 4.69) is 23.9 Å². The summed E-state index contributed by atoms with van der Waals surface area (Å²) in [6.45, 7) is 5.25. The number of hydrogen-bond donors (Lipinski definition) is 0. The zero-order chi connectivity index (χ0) is 22.5. The summed E-state index contributed by atoms with van der Waals surface area (Å²) in [7, 11) is 0. The van der Waals surface area contributed by atoms with Crippen LogP contribution in [0.25, 0.3) is 10.4 Å². The highest BCUT2D eigenvalue weighted by Gasteiger charge is 2.47. The molecule has 9 heteroatoms. The molecule has 0 saturated carbocycles. The molecule has 1 aromatic rings. The molecule has 1 aliphatic rings. The molecule has 31 heavy (non-hydrogen) atoms. The Bertz CT molecular complexity index is 702. The van der Waals surface area contributed by atoms with Gasteiger partial charge in [0.1, 0.15) is 30.3 Å². The van der Waals surface area contributed by atoms with Crippen LogP contribution in [0.1, 0.15) is 49.9 Å². The summed E-state index contributed by atoms with van der Waals surface area (Å²) < 4.78 is 24.1. The average molecular weight is 452 g/mol. The molecule has 2 unspecified atom stereocenters. The van der Waals surface area contributed by atoms with Gasteiger partial charge in [0.2, 0.25) is 0 Å². The van der Waals surface area contributed by atoms with Gasteiger partial charge in [-0.15, -0.1) is 11.8 Å². The van der Waals surface area contributed by atoms with Gasteiger partial charge in [-0.2, -0.15) is 0 Å². The number of carbonyl (C=O) groups is 1. The minimum Gasteiger partial charge on any atom is -0.459 e. The molecular weight excluding hydrogens is 418 g/mol. The predicted octanol–water partition coefficient (Wildman–Crippen LogP) is 4.98. The van der Waals surface area contributed by atoms with Crippen molar-refractivity contribution in [1.82, 2.24) is 0 Å². The SMILES string of the molecule is CCCCOC1[C@H](OCCCC)C(COC(=O)c2ccccc2)O[C@@H](SC)[C@H]1N=[N+]=[N-]. The second kappa shape index (κ2) is 14.3. The summed E-state index contributed by atoms with van der Waals surface area (Å²) in [6, 6.07) is 8.29. The van der Waals surface area contributed by atoms with Crippen LogP contribution >= 0.6 is 11.8 Å². The van der Waals surface area contributed by atoms with Gasteiger partial charge in [-0.25, -0.2) is 4.79 Å². The highest BCUT2D eigenvalue weighted by molar-refractivity contribution is 7.99. The number of unbranched alkanes of at least 4 members (excludes halogenated alkanes) is 2. The van der Waals surface area contributed by atoms with Gasteiger partial charge in [-0.1, -0.05) is 50.0 Å². The van der Waals surface area contributed by atoms with Crippen molar-refractivity contribution < 1.29 is 23.7 Å². The Hall–Kier alpha value is -1.77. The van der Waals surface area contributed by atoms with Crippen LogP contribution in [0.15, 0.2) is 35.4 Å². The van der Waals surface area contributed by atoms with Crippen LogP contribution in [0.3, 0.4) is 0 Å². The summed E-state index contributed by atoms with van der Waals surface area (Å²) in [5.41, 5.74) is 9.17. The molecular formula is C22H33N3O5S. The second-order valence-electron chi connectivity index (χ2n) is 7.32. The van der Waals surface area contributed by atoms with E-state index in [1.807, 2.05) is 12.3 Å². The van der Waals surface area contributed by atoms with E-state index in [0.29, 0.717) is 18.8 Å². The first-order valence-corrected chi connectivity index (χ1v) is 12.1. The van der Waals surface area contributed by atoms with Crippen molar-refractivity contribution in [3.8, 4) is 0 Å². The van der Waals surface area contributed by atoms with Gasteiger partial charge in [0.25, 0.3) is 0 Å². The third-order valence-electron chi connectivity index (χ3n) is 5.04. The van der Waals surface area contributed by atoms with E-state index in [-0.39, 0.29) is 6.61 Å². The van der Waals surface area contributed by atoms with Crippen LogP contribution in [0.2, 0.25) is 0 Å². The number of azide groups is 1. The van der Waals surface area contributed by atoms with E-state index in [9.17, 15) is 4.79 Å². The van der Waals surface area contributed by atoms with E-state index in [1.165, 1.54) is 11.8 Å². The summed E-state index contributed by atoms with van der Waals surface area (Å²) in [5.74, 6) is -0.419. The number of rotatable bonds is 13. The maximum absolute atomic E-state index is 12.4. The van der Waals surface area contributed by atoms with Crippen molar-refractivity contribution in [2.45, 2.75) is 69.3 Å². The third-order valence-corrected chi connectivity index (χ3v) is 5.89. The maximum Gasteiger partial charge on any atom is 0.338 e. The van der Waals surface area contributed by atoms with Crippen LogP contribution < -0.4 is 0 Å². The minimum atomic E-state index is -0.537. The van der Waals surface area contributed by atoms with E-state index in [1.54, 1.807) is 24.3 Å². The number of nitrogens with zero attached hydrogens (tertiary/aromatic N) is 3. The Balaban J connectivity index is 2.20. The van der Waals surface area contributed by atoms with Crippen LogP contribution in [0, 0.1) is 0 Å². The zero-order valence-electron chi connectivity index (χ0n) is 18.5. The van der Waals surface area contributed by atoms with Gasteiger partial charge in [-0.3, -0.25) is 0 Å². The van der Waals surface area contributed by atoms with E-state index < -0.39 is 35.8 Å². The number of thioether (sulfide) groups is 1. The lowest BCUT2D eigenvalue weighted by molar-refractivity contribution is -0.200. The molecule has 1 heterocycles. The van der Waals surface area contributed by atoms with Crippen molar-refractivity contribution in [3.63, 3.8) is 0 Å². The Morgan fingerprint density at radius 1 is 1.13 bits per heavy atom. The highest BCUT2D eigenvalue weighted by Crippen LogP contribution is 2.33. The predicted molar refractivity (Wildman–Crippen MR) is 121 cm³/mol. The molecule has 0 N–H and O–H groups in total. The Morgan fingerprint density at radius 2 is 1.77 bits per heavy atom. The molecule has 0 amide bonds. The monoisotopic (exact) mass is 451 g/mol. The molecule has 5 atom stereocenters. The number of carbonyl (C=O) groups excluding carboxylic acids is 1. The van der Waals surface area contributed by atoms with Gasteiger partial charge < -0.3 is 18.9 Å². The third kappa shape index (κ3) is 7.70. The Labute approximate surface area is 188 Å². The van der Waals surface area contributed by atoms with Gasteiger partial charge in [0.15, 0.2) is 0 Å². The molecule has 1 aliphatic heterocycles. The average Bonchev–Trinajstić information content (AvgIpc) is 2.80. The summed E-state index contributed by atoms with van der Waals surface area (Å²) >= 11 is 1.44. The largest absolute Gasteiger partial charge is 0.459 e. The first kappa shape index (κ1) is 25.5. The number of hydrogen-bond acceptors (Lipinski definition) is 7. The summed E-state index contributed by atoms with van der Waals surface area (Å²) in [6.07, 6.45) is 4.11. The summed E-state index contributed by atoms with van der Waals surface area (Å²) in [5, 5.41) is 3.97.